The van der Waals surface area contributed by atoms with Gasteiger partial charge in [0.15, 0.2) is 34.7 Å². The zero-order valence-electron chi connectivity index (χ0n) is 21.2. The number of esters is 1. The Morgan fingerprint density at radius 1 is 1.14 bits per heavy atom. The van der Waals surface area contributed by atoms with Gasteiger partial charge in [0.2, 0.25) is 5.91 Å². The molecule has 3 aliphatic rings. The van der Waals surface area contributed by atoms with Gasteiger partial charge in [0.05, 0.1) is 23.4 Å². The molecule has 11 heteroatoms. The van der Waals surface area contributed by atoms with Gasteiger partial charge in [-0.3, -0.25) is 33.7 Å². The van der Waals surface area contributed by atoms with Crippen LogP contribution in [0.1, 0.15) is 47.7 Å². The summed E-state index contributed by atoms with van der Waals surface area (Å²) in [7, 11) is 2.91. The van der Waals surface area contributed by atoms with Crippen LogP contribution in [0, 0.1) is 30.6 Å². The molecule has 198 valence electrons. The molecule has 2 saturated carbocycles. The van der Waals surface area contributed by atoms with Gasteiger partial charge in [0.25, 0.3) is 0 Å². The number of Topliss-reactive ketones (excluding diaryl/α,β-unsaturated/α-hetero) is 4. The third-order valence-corrected chi connectivity index (χ3v) is 8.22. The number of fused-ring (bicyclic) bond motifs is 3. The number of likely N-dealkylation sites (N-methyl/N-ethyl adjacent to an activating group) is 1. The lowest BCUT2D eigenvalue weighted by Crippen LogP contribution is -2.78. The number of phenols is 1. The van der Waals surface area contributed by atoms with Crippen molar-refractivity contribution >= 4 is 35.0 Å². The smallest absolute Gasteiger partial charge is 0.305 e. The molecule has 11 nitrogen and oxygen atoms in total. The fraction of sp³-hybridized carbons (Fsp3) is 0.538. The van der Waals surface area contributed by atoms with E-state index in [0.717, 1.165) is 0 Å². The lowest BCUT2D eigenvalue weighted by Gasteiger charge is -2.56. The molecule has 1 amide bonds. The first-order valence-electron chi connectivity index (χ1n) is 12.1. The molecule has 0 radical (unpaired) electrons. The van der Waals surface area contributed by atoms with Gasteiger partial charge in [-0.05, 0) is 38.1 Å². The minimum atomic E-state index is -3.02. The topological polar surface area (TPSA) is 181 Å². The molecule has 2 unspecified atom stereocenters. The number of ketones is 4. The Balaban J connectivity index is 2.04. The molecule has 1 aromatic carbocycles. The maximum Gasteiger partial charge on any atom is 0.305 e. The third-order valence-electron chi connectivity index (χ3n) is 8.22. The van der Waals surface area contributed by atoms with Gasteiger partial charge in [-0.25, -0.2) is 0 Å². The van der Waals surface area contributed by atoms with Crippen LogP contribution in [0.25, 0.3) is 0 Å². The van der Waals surface area contributed by atoms with Crippen molar-refractivity contribution < 1.29 is 43.7 Å². The van der Waals surface area contributed by atoms with Gasteiger partial charge < -0.3 is 20.7 Å². The molecule has 0 spiro atoms. The minimum absolute atomic E-state index is 0.0929. The number of carbonyl (C=O) groups excluding carboxylic acids is 6. The van der Waals surface area contributed by atoms with Crippen LogP contribution in [0.5, 0.6) is 5.75 Å². The molecule has 0 bridgehead atoms. The second kappa shape index (κ2) is 8.84. The molecular formula is C26H30N2O9. The summed E-state index contributed by atoms with van der Waals surface area (Å²) >= 11 is 0. The number of primary amides is 1. The molecule has 0 aromatic heterocycles. The summed E-state index contributed by atoms with van der Waals surface area (Å²) in [5.41, 5.74) is 3.01. The summed E-state index contributed by atoms with van der Waals surface area (Å²) < 4.78 is 5.74. The number of nitrogens with two attached hydrogens (primary N) is 1. The summed E-state index contributed by atoms with van der Waals surface area (Å²) in [6.07, 6.45) is -1.52. The minimum Gasteiger partial charge on any atom is -0.507 e. The number of amides is 1. The SMILES string of the molecule is CCC(=O)O[C@@H]1[C@@H]2C(C(=O)c3c(ccc(C)c3O)[C@H]2C)C(=O)[C@@]2(O)C(=O)C(C(N)=O)C(=O)[C@H](N(C)C)[C@@H]12. The van der Waals surface area contributed by atoms with Crippen LogP contribution in [0.4, 0.5) is 0 Å². The highest BCUT2D eigenvalue weighted by Gasteiger charge is 2.74. The van der Waals surface area contributed by atoms with E-state index in [2.05, 4.69) is 0 Å². The predicted molar refractivity (Wildman–Crippen MR) is 126 cm³/mol. The van der Waals surface area contributed by atoms with Gasteiger partial charge in [0, 0.05) is 12.3 Å². The van der Waals surface area contributed by atoms with E-state index < -0.39 is 82.3 Å². The molecule has 2 fully saturated rings. The van der Waals surface area contributed by atoms with Crippen molar-refractivity contribution in [2.75, 3.05) is 14.1 Å². The molecule has 4 rings (SSSR count). The van der Waals surface area contributed by atoms with E-state index >= 15 is 0 Å². The second-order valence-electron chi connectivity index (χ2n) is 10.4. The summed E-state index contributed by atoms with van der Waals surface area (Å²) in [5.74, 6) is -13.9. The molecule has 37 heavy (non-hydrogen) atoms. The Kier molecular flexibility index (Phi) is 6.36. The second-order valence-corrected chi connectivity index (χ2v) is 10.4. The van der Waals surface area contributed by atoms with Gasteiger partial charge >= 0.3 is 5.97 Å². The van der Waals surface area contributed by atoms with Crippen LogP contribution in [0.2, 0.25) is 0 Å². The summed E-state index contributed by atoms with van der Waals surface area (Å²) in [4.78, 5) is 80.8. The number of aliphatic hydroxyl groups is 1. The highest BCUT2D eigenvalue weighted by atomic mass is 16.5. The van der Waals surface area contributed by atoms with Gasteiger partial charge in [-0.1, -0.05) is 26.0 Å². The van der Waals surface area contributed by atoms with Crippen LogP contribution in [0.15, 0.2) is 12.1 Å². The molecular weight excluding hydrogens is 484 g/mol. The monoisotopic (exact) mass is 514 g/mol. The lowest BCUT2D eigenvalue weighted by atomic mass is 9.49. The van der Waals surface area contributed by atoms with Crippen molar-refractivity contribution in [3.63, 3.8) is 0 Å². The van der Waals surface area contributed by atoms with Crippen molar-refractivity contribution in [2.24, 2.45) is 29.4 Å². The van der Waals surface area contributed by atoms with E-state index in [4.69, 9.17) is 10.5 Å². The number of rotatable bonds is 4. The zero-order valence-corrected chi connectivity index (χ0v) is 21.2. The molecule has 0 heterocycles. The fourth-order valence-electron chi connectivity index (χ4n) is 6.45. The van der Waals surface area contributed by atoms with E-state index in [0.29, 0.717) is 11.1 Å². The van der Waals surface area contributed by atoms with E-state index in [1.54, 1.807) is 26.0 Å². The van der Waals surface area contributed by atoms with Crippen LogP contribution in [-0.2, 0) is 28.7 Å². The predicted octanol–water partition coefficient (Wildman–Crippen LogP) is -0.332. The normalized spacial score (nSPS) is 35.1. The first kappa shape index (κ1) is 26.6. The maximum atomic E-state index is 14.0. The largest absolute Gasteiger partial charge is 0.507 e. The Bertz CT molecular complexity index is 1250. The third kappa shape index (κ3) is 3.47. The molecule has 8 atom stereocenters. The van der Waals surface area contributed by atoms with Crippen molar-refractivity contribution in [2.45, 2.75) is 50.9 Å². The Hall–Kier alpha value is -3.44. The van der Waals surface area contributed by atoms with Crippen LogP contribution < -0.4 is 5.73 Å². The summed E-state index contributed by atoms with van der Waals surface area (Å²) in [5, 5.41) is 22.6. The molecule has 4 N–H and O–H groups in total. The van der Waals surface area contributed by atoms with Crippen LogP contribution in [-0.4, -0.2) is 82.0 Å². The molecule has 0 aliphatic heterocycles. The molecule has 1 aromatic rings. The fourth-order valence-corrected chi connectivity index (χ4v) is 6.45. The Labute approximate surface area is 212 Å². The molecule has 0 saturated heterocycles. The highest BCUT2D eigenvalue weighted by molar-refractivity contribution is 6.32. The van der Waals surface area contributed by atoms with E-state index in [-0.39, 0.29) is 17.7 Å². The number of phenolic OH excluding ortho intramolecular Hbond substituents is 1. The number of carbonyl (C=O) groups is 6. The highest BCUT2D eigenvalue weighted by Crippen LogP contribution is 2.55. The van der Waals surface area contributed by atoms with Crippen molar-refractivity contribution in [3.05, 3.63) is 28.8 Å². The standard InChI is InChI=1S/C26H30N2O9/c1-6-12(29)37-22-13-10(3)11-8-7-9(2)19(30)14(11)20(31)15(13)23(33)26(36)17(22)18(28(4)5)21(32)16(24(26)34)25(27)35/h7-8,10,13,15-18,22,30,36H,6H2,1-5H3,(H2,27,35)/t10-,13+,15?,16?,17+,18-,22-,26-/m1/s1. The van der Waals surface area contributed by atoms with Gasteiger partial charge in [-0.15, -0.1) is 0 Å². The number of aromatic hydroxyl groups is 1. The average molecular weight is 515 g/mol. The summed E-state index contributed by atoms with van der Waals surface area (Å²) in [6, 6.07) is 1.84. The van der Waals surface area contributed by atoms with Gasteiger partial charge in [-0.2, -0.15) is 0 Å². The maximum absolute atomic E-state index is 14.0. The van der Waals surface area contributed by atoms with Crippen molar-refractivity contribution in [3.8, 4) is 5.75 Å². The zero-order chi connectivity index (χ0) is 27.7. The van der Waals surface area contributed by atoms with Crippen LogP contribution >= 0.6 is 0 Å². The number of benzene rings is 1. The average Bonchev–Trinajstić information content (AvgIpc) is 2.82. The van der Waals surface area contributed by atoms with Crippen LogP contribution in [0.3, 0.4) is 0 Å². The summed E-state index contributed by atoms with van der Waals surface area (Å²) in [6.45, 7) is 4.79. The molecule has 3 aliphatic carbocycles. The van der Waals surface area contributed by atoms with Gasteiger partial charge in [0.1, 0.15) is 11.9 Å². The quantitative estimate of drug-likeness (QED) is 0.355. The lowest BCUT2D eigenvalue weighted by molar-refractivity contribution is -0.205. The van der Waals surface area contributed by atoms with E-state index in [1.807, 2.05) is 0 Å². The number of ether oxygens (including phenoxy) is 1. The van der Waals surface area contributed by atoms with E-state index in [9.17, 15) is 39.0 Å². The first-order chi connectivity index (χ1) is 17.2. The number of nitrogens with zero attached hydrogens (tertiary/aromatic N) is 1. The first-order valence-corrected chi connectivity index (χ1v) is 12.1. The number of hydrogen-bond donors (Lipinski definition) is 3. The Morgan fingerprint density at radius 2 is 1.76 bits per heavy atom. The van der Waals surface area contributed by atoms with Crippen molar-refractivity contribution in [1.82, 2.24) is 4.90 Å². The Morgan fingerprint density at radius 3 is 2.30 bits per heavy atom. The van der Waals surface area contributed by atoms with E-state index in [1.165, 1.54) is 25.9 Å². The van der Waals surface area contributed by atoms with Crippen molar-refractivity contribution in [1.29, 1.82) is 0 Å². The number of aryl methyl sites for hydroxylation is 1. The number of hydrogen-bond acceptors (Lipinski definition) is 10.